The van der Waals surface area contributed by atoms with Crippen molar-refractivity contribution < 1.29 is 10.2 Å². The molecule has 0 saturated carbocycles. The van der Waals surface area contributed by atoms with Crippen molar-refractivity contribution in [3.63, 3.8) is 0 Å². The monoisotopic (exact) mass is 185 g/mol. The smallest absolute Gasteiger partial charge is 0.111 e. The molecule has 1 aromatic heterocycles. The number of aryl methyl sites for hydroxylation is 1. The predicted molar refractivity (Wildman–Crippen MR) is 47.0 cm³/mol. The molecule has 0 aliphatic heterocycles. The minimum atomic E-state index is -0.583. The lowest BCUT2D eigenvalue weighted by molar-refractivity contribution is 0.176. The molecule has 2 N–H and O–H groups in total. The Kier molecular flexibility index (Phi) is 3.39. The van der Waals surface area contributed by atoms with Crippen LogP contribution in [-0.2, 0) is 6.54 Å². The Hall–Kier alpha value is -0.940. The number of aliphatic hydroxyl groups excluding tert-OH is 2. The maximum atomic E-state index is 9.15. The van der Waals surface area contributed by atoms with Crippen LogP contribution in [0.15, 0.2) is 6.20 Å². The summed E-state index contributed by atoms with van der Waals surface area (Å²) in [5.74, 6) is 0. The van der Waals surface area contributed by atoms with Gasteiger partial charge in [0.25, 0.3) is 0 Å². The third-order valence-corrected chi connectivity index (χ3v) is 1.76. The fraction of sp³-hybridized carbons (Fsp3) is 0.750. The number of hydrogen-bond donors (Lipinski definition) is 2. The fourth-order valence-corrected chi connectivity index (χ4v) is 0.933. The van der Waals surface area contributed by atoms with Gasteiger partial charge in [-0.2, -0.15) is 0 Å². The highest BCUT2D eigenvalue weighted by atomic mass is 16.3. The summed E-state index contributed by atoms with van der Waals surface area (Å²) in [6, 6.07) is 0. The molecule has 2 unspecified atom stereocenters. The van der Waals surface area contributed by atoms with E-state index in [2.05, 4.69) is 10.3 Å². The summed E-state index contributed by atoms with van der Waals surface area (Å²) in [7, 11) is 0. The fourth-order valence-electron chi connectivity index (χ4n) is 0.933. The molecular weight excluding hydrogens is 170 g/mol. The van der Waals surface area contributed by atoms with Crippen molar-refractivity contribution in [3.8, 4) is 0 Å². The van der Waals surface area contributed by atoms with Gasteiger partial charge in [0.1, 0.15) is 5.69 Å². The topological polar surface area (TPSA) is 71.2 Å². The van der Waals surface area contributed by atoms with Gasteiger partial charge < -0.3 is 10.2 Å². The maximum absolute atomic E-state index is 9.15. The van der Waals surface area contributed by atoms with E-state index in [1.165, 1.54) is 0 Å². The number of hydrogen-bond acceptors (Lipinski definition) is 4. The molecule has 74 valence electrons. The van der Waals surface area contributed by atoms with Crippen LogP contribution in [0.2, 0.25) is 0 Å². The van der Waals surface area contributed by atoms with Gasteiger partial charge in [-0.05, 0) is 20.3 Å². The number of aliphatic hydroxyl groups is 2. The standard InChI is InChI=1S/C8H15N3O2/c1-6(12)3-4-11-5-8(7(2)13)9-10-11/h5-7,12-13H,3-4H2,1-2H3. The lowest BCUT2D eigenvalue weighted by atomic mass is 10.3. The van der Waals surface area contributed by atoms with Gasteiger partial charge in [-0.3, -0.25) is 4.68 Å². The van der Waals surface area contributed by atoms with Gasteiger partial charge in [-0.25, -0.2) is 0 Å². The Labute approximate surface area is 77.0 Å². The van der Waals surface area contributed by atoms with Crippen molar-refractivity contribution in [1.82, 2.24) is 15.0 Å². The van der Waals surface area contributed by atoms with Crippen molar-refractivity contribution >= 4 is 0 Å². The lowest BCUT2D eigenvalue weighted by Gasteiger charge is -2.02. The molecule has 5 heteroatoms. The average molecular weight is 185 g/mol. The molecule has 0 aromatic carbocycles. The van der Waals surface area contributed by atoms with Crippen molar-refractivity contribution in [2.75, 3.05) is 0 Å². The summed E-state index contributed by atoms with van der Waals surface area (Å²) in [5, 5.41) is 25.7. The molecule has 0 spiro atoms. The third-order valence-electron chi connectivity index (χ3n) is 1.76. The Bertz CT molecular complexity index is 258. The van der Waals surface area contributed by atoms with Crippen LogP contribution in [0.4, 0.5) is 0 Å². The quantitative estimate of drug-likeness (QED) is 0.698. The zero-order valence-electron chi connectivity index (χ0n) is 7.88. The molecule has 2 atom stereocenters. The first-order valence-corrected chi connectivity index (χ1v) is 4.35. The van der Waals surface area contributed by atoms with E-state index >= 15 is 0 Å². The van der Waals surface area contributed by atoms with E-state index in [4.69, 9.17) is 10.2 Å². The van der Waals surface area contributed by atoms with Crippen LogP contribution in [0.3, 0.4) is 0 Å². The average Bonchev–Trinajstić information content (AvgIpc) is 2.48. The number of nitrogens with zero attached hydrogens (tertiary/aromatic N) is 3. The molecule has 5 nitrogen and oxygen atoms in total. The predicted octanol–water partition coefficient (Wildman–Crippen LogP) is 0.102. The summed E-state index contributed by atoms with van der Waals surface area (Å²) in [6.45, 7) is 3.99. The van der Waals surface area contributed by atoms with Crippen LogP contribution >= 0.6 is 0 Å². The Balaban J connectivity index is 2.49. The van der Waals surface area contributed by atoms with E-state index in [1.54, 1.807) is 24.7 Å². The molecule has 1 heterocycles. The van der Waals surface area contributed by atoms with E-state index in [1.807, 2.05) is 0 Å². The highest BCUT2D eigenvalue weighted by Crippen LogP contribution is 2.06. The van der Waals surface area contributed by atoms with Crippen molar-refractivity contribution in [2.45, 2.75) is 39.0 Å². The SMILES string of the molecule is CC(O)CCn1cc(C(C)O)nn1. The van der Waals surface area contributed by atoms with Gasteiger partial charge in [-0.1, -0.05) is 5.21 Å². The first-order valence-electron chi connectivity index (χ1n) is 4.35. The largest absolute Gasteiger partial charge is 0.393 e. The molecule has 0 fully saturated rings. The van der Waals surface area contributed by atoms with E-state index in [0.29, 0.717) is 18.7 Å². The summed E-state index contributed by atoms with van der Waals surface area (Å²) in [5.41, 5.74) is 0.561. The second-order valence-electron chi connectivity index (χ2n) is 3.22. The van der Waals surface area contributed by atoms with E-state index in [9.17, 15) is 0 Å². The second-order valence-corrected chi connectivity index (χ2v) is 3.22. The molecule has 0 radical (unpaired) electrons. The molecule has 1 aromatic rings. The van der Waals surface area contributed by atoms with Gasteiger partial charge in [-0.15, -0.1) is 5.10 Å². The summed E-state index contributed by atoms with van der Waals surface area (Å²) in [6.07, 6.45) is 1.41. The molecule has 0 amide bonds. The second kappa shape index (κ2) is 4.34. The van der Waals surface area contributed by atoms with Crippen molar-refractivity contribution in [3.05, 3.63) is 11.9 Å². The summed E-state index contributed by atoms with van der Waals surface area (Å²) in [4.78, 5) is 0. The zero-order chi connectivity index (χ0) is 9.84. The van der Waals surface area contributed by atoms with Gasteiger partial charge in [0.05, 0.1) is 18.4 Å². The zero-order valence-corrected chi connectivity index (χ0v) is 7.88. The van der Waals surface area contributed by atoms with E-state index < -0.39 is 6.10 Å². The van der Waals surface area contributed by atoms with Crippen LogP contribution in [0.5, 0.6) is 0 Å². The van der Waals surface area contributed by atoms with E-state index in [0.717, 1.165) is 0 Å². The van der Waals surface area contributed by atoms with Gasteiger partial charge >= 0.3 is 0 Å². The van der Waals surface area contributed by atoms with Crippen LogP contribution in [0.25, 0.3) is 0 Å². The molecule has 1 rings (SSSR count). The van der Waals surface area contributed by atoms with Crippen molar-refractivity contribution in [2.24, 2.45) is 0 Å². The molecule has 13 heavy (non-hydrogen) atoms. The third kappa shape index (κ3) is 3.12. The molecule has 0 bridgehead atoms. The summed E-state index contributed by atoms with van der Waals surface area (Å²) >= 11 is 0. The molecule has 0 aliphatic rings. The van der Waals surface area contributed by atoms with Crippen LogP contribution in [0, 0.1) is 0 Å². The number of aromatic nitrogens is 3. The highest BCUT2D eigenvalue weighted by molar-refractivity contribution is 4.95. The number of rotatable bonds is 4. The lowest BCUT2D eigenvalue weighted by Crippen LogP contribution is -2.07. The Morgan fingerprint density at radius 2 is 2.15 bits per heavy atom. The first-order chi connectivity index (χ1) is 6.09. The van der Waals surface area contributed by atoms with Crippen LogP contribution < -0.4 is 0 Å². The van der Waals surface area contributed by atoms with Crippen LogP contribution in [0.1, 0.15) is 32.1 Å². The first kappa shape index (κ1) is 10.1. The normalized spacial score (nSPS) is 15.7. The minimum Gasteiger partial charge on any atom is -0.393 e. The minimum absolute atomic E-state index is 0.334. The molecule has 0 saturated heterocycles. The van der Waals surface area contributed by atoms with E-state index in [-0.39, 0.29) is 6.10 Å². The van der Waals surface area contributed by atoms with Gasteiger partial charge in [0.2, 0.25) is 0 Å². The van der Waals surface area contributed by atoms with Crippen LogP contribution in [-0.4, -0.2) is 31.3 Å². The summed E-state index contributed by atoms with van der Waals surface area (Å²) < 4.78 is 1.62. The molecular formula is C8H15N3O2. The van der Waals surface area contributed by atoms with Gasteiger partial charge in [0, 0.05) is 6.54 Å². The highest BCUT2D eigenvalue weighted by Gasteiger charge is 2.06. The Morgan fingerprint density at radius 1 is 1.46 bits per heavy atom. The Morgan fingerprint density at radius 3 is 2.62 bits per heavy atom. The van der Waals surface area contributed by atoms with Gasteiger partial charge in [0.15, 0.2) is 0 Å². The maximum Gasteiger partial charge on any atom is 0.111 e. The molecule has 0 aliphatic carbocycles. The van der Waals surface area contributed by atoms with Crippen molar-refractivity contribution in [1.29, 1.82) is 0 Å².